The molecule has 1 N–H and O–H groups in total. The van der Waals surface area contributed by atoms with Gasteiger partial charge in [0.25, 0.3) is 5.91 Å². The Morgan fingerprint density at radius 1 is 1.50 bits per heavy atom. The van der Waals surface area contributed by atoms with Crippen LogP contribution >= 0.6 is 15.9 Å². The summed E-state index contributed by atoms with van der Waals surface area (Å²) in [5, 5.41) is 6.24. The third-order valence-corrected chi connectivity index (χ3v) is 2.32. The molecule has 0 aliphatic carbocycles. The van der Waals surface area contributed by atoms with Gasteiger partial charge in [-0.2, -0.15) is 0 Å². The predicted molar refractivity (Wildman–Crippen MR) is 59.6 cm³/mol. The summed E-state index contributed by atoms with van der Waals surface area (Å²) in [5.41, 5.74) is 0.494. The van der Waals surface area contributed by atoms with Crippen molar-refractivity contribution in [1.82, 2.24) is 15.5 Å². The number of aromatic nitrogens is 2. The first-order valence-corrected chi connectivity index (χ1v) is 5.33. The van der Waals surface area contributed by atoms with Crippen molar-refractivity contribution >= 4 is 21.8 Å². The van der Waals surface area contributed by atoms with Gasteiger partial charge in [-0.3, -0.25) is 9.78 Å². The second-order valence-electron chi connectivity index (χ2n) is 3.05. The van der Waals surface area contributed by atoms with E-state index < -0.39 is 0 Å². The van der Waals surface area contributed by atoms with Gasteiger partial charge in [0.2, 0.25) is 0 Å². The van der Waals surface area contributed by atoms with Gasteiger partial charge < -0.3 is 9.84 Å². The van der Waals surface area contributed by atoms with Crippen LogP contribution in [0.25, 0.3) is 0 Å². The number of amides is 1. The van der Waals surface area contributed by atoms with Crippen LogP contribution in [0.2, 0.25) is 0 Å². The van der Waals surface area contributed by atoms with Gasteiger partial charge in [-0.1, -0.05) is 5.16 Å². The molecule has 16 heavy (non-hydrogen) atoms. The van der Waals surface area contributed by atoms with E-state index in [0.717, 1.165) is 4.47 Å². The number of nitrogens with zero attached hydrogens (tertiary/aromatic N) is 2. The van der Waals surface area contributed by atoms with Crippen LogP contribution < -0.4 is 5.32 Å². The van der Waals surface area contributed by atoms with E-state index in [0.29, 0.717) is 17.9 Å². The third kappa shape index (κ3) is 2.66. The molecule has 2 aromatic heterocycles. The van der Waals surface area contributed by atoms with E-state index in [4.69, 9.17) is 4.52 Å². The van der Waals surface area contributed by atoms with Gasteiger partial charge in [-0.25, -0.2) is 0 Å². The number of rotatable bonds is 3. The zero-order chi connectivity index (χ0) is 11.4. The number of hydrogen-bond donors (Lipinski definition) is 1. The number of halogens is 1. The van der Waals surface area contributed by atoms with Gasteiger partial charge in [-0.15, -0.1) is 0 Å². The second kappa shape index (κ2) is 4.89. The summed E-state index contributed by atoms with van der Waals surface area (Å²) in [6.45, 7) is 0.311. The van der Waals surface area contributed by atoms with E-state index in [1.54, 1.807) is 18.3 Å². The summed E-state index contributed by atoms with van der Waals surface area (Å²) in [6, 6.07) is 3.39. The van der Waals surface area contributed by atoms with Crippen LogP contribution in [0.1, 0.15) is 16.1 Å². The van der Waals surface area contributed by atoms with Crippen molar-refractivity contribution in [2.75, 3.05) is 0 Å². The van der Waals surface area contributed by atoms with Crippen molar-refractivity contribution in [2.24, 2.45) is 0 Å². The smallest absolute Gasteiger partial charge is 0.253 e. The summed E-state index contributed by atoms with van der Waals surface area (Å²) < 4.78 is 5.62. The van der Waals surface area contributed by atoms with E-state index >= 15 is 0 Å². The van der Waals surface area contributed by atoms with Crippen molar-refractivity contribution < 1.29 is 9.32 Å². The fourth-order valence-electron chi connectivity index (χ4n) is 1.14. The van der Waals surface area contributed by atoms with Crippen LogP contribution in [-0.4, -0.2) is 16.0 Å². The number of carbonyl (C=O) groups is 1. The Labute approximate surface area is 100.0 Å². The standard InChI is InChI=1S/C10H8BrN3O2/c11-8-3-7(4-12-5-8)10(15)13-6-9-1-2-14-16-9/h1-5H,6H2,(H,13,15). The maximum atomic E-state index is 11.7. The lowest BCUT2D eigenvalue weighted by atomic mass is 10.2. The van der Waals surface area contributed by atoms with Crippen molar-refractivity contribution in [3.05, 3.63) is 46.5 Å². The first-order chi connectivity index (χ1) is 7.75. The molecule has 0 radical (unpaired) electrons. The molecule has 0 atom stereocenters. The molecule has 82 valence electrons. The number of nitrogens with one attached hydrogen (secondary N) is 1. The fourth-order valence-corrected chi connectivity index (χ4v) is 1.50. The maximum Gasteiger partial charge on any atom is 0.253 e. The van der Waals surface area contributed by atoms with Crippen molar-refractivity contribution in [2.45, 2.75) is 6.54 Å². The average molecular weight is 282 g/mol. The molecule has 0 spiro atoms. The van der Waals surface area contributed by atoms with E-state index in [2.05, 4.69) is 31.4 Å². The quantitative estimate of drug-likeness (QED) is 0.931. The van der Waals surface area contributed by atoms with Gasteiger partial charge in [0, 0.05) is 22.9 Å². The number of hydrogen-bond acceptors (Lipinski definition) is 4. The van der Waals surface area contributed by atoms with E-state index in [1.807, 2.05) is 0 Å². The Balaban J connectivity index is 1.98. The minimum Gasteiger partial charge on any atom is -0.360 e. The molecule has 0 saturated heterocycles. The molecule has 0 unspecified atom stereocenters. The first kappa shape index (κ1) is 10.8. The Kier molecular flexibility index (Phi) is 3.31. The summed E-state index contributed by atoms with van der Waals surface area (Å²) in [5.74, 6) is 0.404. The molecule has 6 heteroatoms. The topological polar surface area (TPSA) is 68.0 Å². The largest absolute Gasteiger partial charge is 0.360 e. The van der Waals surface area contributed by atoms with Crippen LogP contribution in [0.4, 0.5) is 0 Å². The average Bonchev–Trinajstić information content (AvgIpc) is 2.78. The summed E-state index contributed by atoms with van der Waals surface area (Å²) in [4.78, 5) is 15.6. The van der Waals surface area contributed by atoms with E-state index in [-0.39, 0.29) is 5.91 Å². The van der Waals surface area contributed by atoms with Crippen LogP contribution in [0.3, 0.4) is 0 Å². The normalized spacial score (nSPS) is 10.1. The van der Waals surface area contributed by atoms with Crippen LogP contribution in [-0.2, 0) is 6.54 Å². The van der Waals surface area contributed by atoms with Crippen LogP contribution in [0, 0.1) is 0 Å². The first-order valence-electron chi connectivity index (χ1n) is 4.54. The second-order valence-corrected chi connectivity index (χ2v) is 3.97. The summed E-state index contributed by atoms with van der Waals surface area (Å²) in [6.07, 6.45) is 4.65. The monoisotopic (exact) mass is 281 g/mol. The highest BCUT2D eigenvalue weighted by molar-refractivity contribution is 9.10. The Morgan fingerprint density at radius 2 is 2.38 bits per heavy atom. The van der Waals surface area contributed by atoms with Crippen molar-refractivity contribution in [3.63, 3.8) is 0 Å². The SMILES string of the molecule is O=C(NCc1ccno1)c1cncc(Br)c1. The van der Waals surface area contributed by atoms with E-state index in [9.17, 15) is 4.79 Å². The molecule has 0 aromatic carbocycles. The van der Waals surface area contributed by atoms with Gasteiger partial charge in [0.1, 0.15) is 0 Å². The van der Waals surface area contributed by atoms with Crippen molar-refractivity contribution in [1.29, 1.82) is 0 Å². The van der Waals surface area contributed by atoms with Crippen LogP contribution in [0.5, 0.6) is 0 Å². The summed E-state index contributed by atoms with van der Waals surface area (Å²) >= 11 is 3.25. The summed E-state index contributed by atoms with van der Waals surface area (Å²) in [7, 11) is 0. The Morgan fingerprint density at radius 3 is 3.06 bits per heavy atom. The minimum atomic E-state index is -0.204. The molecule has 0 bridgehead atoms. The highest BCUT2D eigenvalue weighted by Crippen LogP contribution is 2.09. The molecule has 0 aliphatic heterocycles. The highest BCUT2D eigenvalue weighted by Gasteiger charge is 2.07. The van der Waals surface area contributed by atoms with Gasteiger partial charge >= 0.3 is 0 Å². The van der Waals surface area contributed by atoms with Crippen LogP contribution in [0.15, 0.2) is 39.7 Å². The molecule has 0 fully saturated rings. The zero-order valence-corrected chi connectivity index (χ0v) is 9.77. The van der Waals surface area contributed by atoms with Gasteiger partial charge in [0.05, 0.1) is 18.3 Å². The third-order valence-electron chi connectivity index (χ3n) is 1.88. The zero-order valence-electron chi connectivity index (χ0n) is 8.18. The molecule has 1 amide bonds. The molecule has 2 aromatic rings. The lowest BCUT2D eigenvalue weighted by molar-refractivity contribution is 0.0946. The lowest BCUT2D eigenvalue weighted by Crippen LogP contribution is -2.22. The fraction of sp³-hybridized carbons (Fsp3) is 0.100. The molecule has 5 nitrogen and oxygen atoms in total. The van der Waals surface area contributed by atoms with Gasteiger partial charge in [-0.05, 0) is 22.0 Å². The van der Waals surface area contributed by atoms with Crippen molar-refractivity contribution in [3.8, 4) is 0 Å². The van der Waals surface area contributed by atoms with Gasteiger partial charge in [0.15, 0.2) is 5.76 Å². The number of carbonyl (C=O) groups excluding carboxylic acids is 1. The maximum absolute atomic E-state index is 11.7. The van der Waals surface area contributed by atoms with E-state index in [1.165, 1.54) is 12.4 Å². The lowest BCUT2D eigenvalue weighted by Gasteiger charge is -2.02. The Bertz CT molecular complexity index is 485. The number of pyridine rings is 1. The molecule has 2 rings (SSSR count). The molecule has 0 aliphatic rings. The molecular formula is C10H8BrN3O2. The minimum absolute atomic E-state index is 0.204. The Hall–Kier alpha value is -1.69. The molecule has 2 heterocycles. The highest BCUT2D eigenvalue weighted by atomic mass is 79.9. The predicted octanol–water partition coefficient (Wildman–Crippen LogP) is 1.76. The molecule has 0 saturated carbocycles. The molecular weight excluding hydrogens is 274 g/mol.